The standard InChI is InChI=1S/C75H65N5/c1-52-28-30-53(31-29-52)54-34-40-62(41-35-54)79(59-24-16-10-17-25-59)64-44-46-70-66(48-64)74(2,3)68-50-73-69(51-72(68)76(70)6)75(4,5)67-49-65(45-47-71(67)77(73)7)80(60-26-18-11-19-27-60)63-42-36-56(37-43-63)55-32-38-61(39-33-55)78(57-20-12-8-13-21-57)58-22-14-9-15-23-58/h8-51H,1-7H3. The summed E-state index contributed by atoms with van der Waals surface area (Å²) in [5.41, 5.74) is 25.6. The van der Waals surface area contributed by atoms with Crippen molar-refractivity contribution in [2.45, 2.75) is 45.4 Å². The zero-order valence-electron chi connectivity index (χ0n) is 46.6. The highest BCUT2D eigenvalue weighted by molar-refractivity contribution is 5.90. The van der Waals surface area contributed by atoms with Crippen molar-refractivity contribution in [2.24, 2.45) is 0 Å². The number of hydrogen-bond acceptors (Lipinski definition) is 5. The highest BCUT2D eigenvalue weighted by Crippen LogP contribution is 2.57. The van der Waals surface area contributed by atoms with Crippen LogP contribution in [-0.4, -0.2) is 14.1 Å². The van der Waals surface area contributed by atoms with E-state index in [0.717, 1.165) is 56.7 Å². The van der Waals surface area contributed by atoms with Crippen LogP contribution in [0.5, 0.6) is 0 Å². The molecule has 5 nitrogen and oxygen atoms in total. The molecule has 80 heavy (non-hydrogen) atoms. The normalized spacial score (nSPS) is 13.6. The second-order valence-electron chi connectivity index (χ2n) is 22.5. The molecule has 0 amide bonds. The second-order valence-corrected chi connectivity index (χ2v) is 22.5. The Kier molecular flexibility index (Phi) is 12.5. The molecule has 0 N–H and O–H groups in total. The van der Waals surface area contributed by atoms with E-state index in [1.54, 1.807) is 0 Å². The molecule has 0 unspecified atom stereocenters. The summed E-state index contributed by atoms with van der Waals surface area (Å²) in [5.74, 6) is 0. The van der Waals surface area contributed by atoms with Gasteiger partial charge < -0.3 is 24.5 Å². The van der Waals surface area contributed by atoms with Crippen LogP contribution in [0.2, 0.25) is 0 Å². The van der Waals surface area contributed by atoms with Gasteiger partial charge in [0, 0.05) is 98.9 Å². The molecule has 5 heteroatoms. The Bertz CT molecular complexity index is 3970. The predicted molar refractivity (Wildman–Crippen MR) is 339 cm³/mol. The lowest BCUT2D eigenvalue weighted by Crippen LogP contribution is -2.35. The van der Waals surface area contributed by atoms with Crippen LogP contribution in [0.25, 0.3) is 22.3 Å². The van der Waals surface area contributed by atoms with Crippen molar-refractivity contribution < 1.29 is 0 Å². The fourth-order valence-electron chi connectivity index (χ4n) is 12.4. The molecule has 0 bridgehead atoms. The summed E-state index contributed by atoms with van der Waals surface area (Å²) in [6.07, 6.45) is 0. The van der Waals surface area contributed by atoms with Crippen molar-refractivity contribution in [3.8, 4) is 22.3 Å². The monoisotopic (exact) mass is 1040 g/mol. The van der Waals surface area contributed by atoms with Crippen LogP contribution in [0.15, 0.2) is 267 Å². The summed E-state index contributed by atoms with van der Waals surface area (Å²) in [7, 11) is 4.49. The summed E-state index contributed by atoms with van der Waals surface area (Å²) >= 11 is 0. The fraction of sp³-hybridized carbons (Fsp3) is 0.120. The van der Waals surface area contributed by atoms with E-state index >= 15 is 0 Å². The smallest absolute Gasteiger partial charge is 0.0466 e. The van der Waals surface area contributed by atoms with Crippen molar-refractivity contribution >= 4 is 73.9 Å². The first-order chi connectivity index (χ1) is 38.9. The Morgan fingerprint density at radius 1 is 0.250 bits per heavy atom. The number of rotatable bonds is 11. The van der Waals surface area contributed by atoms with Crippen LogP contribution < -0.4 is 24.5 Å². The number of para-hydroxylation sites is 4. The molecule has 2 heterocycles. The first kappa shape index (κ1) is 50.0. The Hall–Kier alpha value is -9.58. The van der Waals surface area contributed by atoms with Gasteiger partial charge in [-0.1, -0.05) is 167 Å². The number of aryl methyl sites for hydroxylation is 1. The molecule has 0 atom stereocenters. The molecular formula is C75H65N5. The van der Waals surface area contributed by atoms with Crippen molar-refractivity contribution in [3.63, 3.8) is 0 Å². The second kappa shape index (κ2) is 20.0. The van der Waals surface area contributed by atoms with Crippen molar-refractivity contribution in [1.82, 2.24) is 0 Å². The van der Waals surface area contributed by atoms with E-state index in [1.807, 2.05) is 0 Å². The van der Waals surface area contributed by atoms with Crippen molar-refractivity contribution in [3.05, 3.63) is 295 Å². The van der Waals surface area contributed by atoms with Crippen molar-refractivity contribution in [2.75, 3.05) is 38.6 Å². The molecule has 0 saturated heterocycles. The van der Waals surface area contributed by atoms with Gasteiger partial charge in [-0.2, -0.15) is 0 Å². The molecule has 0 aromatic heterocycles. The molecule has 0 aliphatic carbocycles. The quantitative estimate of drug-likeness (QED) is 0.128. The fourth-order valence-corrected chi connectivity index (χ4v) is 12.4. The van der Waals surface area contributed by atoms with Crippen LogP contribution in [0.4, 0.5) is 73.9 Å². The minimum absolute atomic E-state index is 0.309. The minimum Gasteiger partial charge on any atom is -0.344 e. The summed E-state index contributed by atoms with van der Waals surface area (Å²) in [6.45, 7) is 11.7. The van der Waals surface area contributed by atoms with E-state index < -0.39 is 0 Å². The van der Waals surface area contributed by atoms with Gasteiger partial charge in [-0.3, -0.25) is 0 Å². The van der Waals surface area contributed by atoms with E-state index in [0.29, 0.717) is 0 Å². The third-order valence-electron chi connectivity index (χ3n) is 16.9. The van der Waals surface area contributed by atoms with Crippen molar-refractivity contribution in [1.29, 1.82) is 0 Å². The van der Waals surface area contributed by atoms with E-state index in [9.17, 15) is 0 Å². The van der Waals surface area contributed by atoms with Gasteiger partial charge in [-0.15, -0.1) is 0 Å². The van der Waals surface area contributed by atoms with Gasteiger partial charge in [0.2, 0.25) is 0 Å². The molecule has 11 aromatic carbocycles. The number of nitrogens with zero attached hydrogens (tertiary/aromatic N) is 5. The number of fused-ring (bicyclic) bond motifs is 4. The Morgan fingerprint density at radius 2 is 0.487 bits per heavy atom. The molecule has 390 valence electrons. The number of benzene rings is 11. The van der Waals surface area contributed by atoms with E-state index in [-0.39, 0.29) is 10.8 Å². The molecule has 2 aliphatic rings. The molecule has 2 aliphatic heterocycles. The van der Waals surface area contributed by atoms with Crippen LogP contribution >= 0.6 is 0 Å². The molecule has 13 rings (SSSR count). The van der Waals surface area contributed by atoms with E-state index in [2.05, 4.69) is 340 Å². The van der Waals surface area contributed by atoms with Gasteiger partial charge in [0.25, 0.3) is 0 Å². The zero-order chi connectivity index (χ0) is 54.7. The maximum Gasteiger partial charge on any atom is 0.0466 e. The van der Waals surface area contributed by atoms with E-state index in [4.69, 9.17) is 0 Å². The van der Waals surface area contributed by atoms with Gasteiger partial charge in [0.1, 0.15) is 0 Å². The third-order valence-corrected chi connectivity index (χ3v) is 16.9. The summed E-state index contributed by atoms with van der Waals surface area (Å²) < 4.78 is 0. The third kappa shape index (κ3) is 8.76. The maximum absolute atomic E-state index is 2.49. The Morgan fingerprint density at radius 3 is 0.787 bits per heavy atom. The van der Waals surface area contributed by atoms with Gasteiger partial charge in [0.05, 0.1) is 0 Å². The average Bonchev–Trinajstić information content (AvgIpc) is 3.58. The molecule has 0 radical (unpaired) electrons. The Labute approximate surface area is 472 Å². The highest BCUT2D eigenvalue weighted by atomic mass is 15.2. The molecular weight excluding hydrogens is 971 g/mol. The van der Waals surface area contributed by atoms with Crippen LogP contribution in [0, 0.1) is 6.92 Å². The van der Waals surface area contributed by atoms with Crippen LogP contribution in [0.1, 0.15) is 55.5 Å². The maximum atomic E-state index is 2.49. The summed E-state index contributed by atoms with van der Waals surface area (Å²) in [5, 5.41) is 0. The molecule has 0 saturated carbocycles. The minimum atomic E-state index is -0.322. The lowest BCUT2D eigenvalue weighted by Gasteiger charge is -2.46. The number of hydrogen-bond donors (Lipinski definition) is 0. The van der Waals surface area contributed by atoms with Gasteiger partial charge in [-0.25, -0.2) is 0 Å². The van der Waals surface area contributed by atoms with Crippen LogP contribution in [-0.2, 0) is 10.8 Å². The Balaban J connectivity index is 0.819. The molecule has 0 spiro atoms. The summed E-state index contributed by atoms with van der Waals surface area (Å²) in [4.78, 5) is 11.9. The van der Waals surface area contributed by atoms with Crippen LogP contribution in [0.3, 0.4) is 0 Å². The lowest BCUT2D eigenvalue weighted by molar-refractivity contribution is 0.612. The first-order valence-corrected chi connectivity index (χ1v) is 27.9. The molecule has 11 aromatic rings. The van der Waals surface area contributed by atoms with Gasteiger partial charge in [-0.05, 0) is 185 Å². The zero-order valence-corrected chi connectivity index (χ0v) is 46.6. The predicted octanol–water partition coefficient (Wildman–Crippen LogP) is 20.6. The van der Waals surface area contributed by atoms with E-state index in [1.165, 1.54) is 67.3 Å². The van der Waals surface area contributed by atoms with Gasteiger partial charge in [0.15, 0.2) is 0 Å². The highest BCUT2D eigenvalue weighted by Gasteiger charge is 2.42. The first-order valence-electron chi connectivity index (χ1n) is 27.9. The SMILES string of the molecule is Cc1ccc(-c2ccc(N(c3ccccc3)c3ccc4c(c3)C(C)(C)c3cc5c(cc3N4C)C(C)(C)c3cc(N(c4ccccc4)c4ccc(-c6ccc(N(c7ccccc7)c7ccccc7)cc6)cc4)ccc3N5C)cc2)cc1. The number of anilines is 13. The topological polar surface area (TPSA) is 16.2 Å². The lowest BCUT2D eigenvalue weighted by atomic mass is 9.69. The largest absolute Gasteiger partial charge is 0.344 e. The average molecular weight is 1040 g/mol. The summed E-state index contributed by atoms with van der Waals surface area (Å²) in [6, 6.07) is 97.4. The van der Waals surface area contributed by atoms with Gasteiger partial charge >= 0.3 is 0 Å². The molecule has 0 fully saturated rings.